The van der Waals surface area contributed by atoms with E-state index in [0.717, 1.165) is 13.0 Å². The van der Waals surface area contributed by atoms with E-state index in [0.29, 0.717) is 0 Å². The van der Waals surface area contributed by atoms with E-state index >= 15 is 0 Å². The van der Waals surface area contributed by atoms with Crippen LogP contribution in [0.4, 0.5) is 0 Å². The Labute approximate surface area is 103 Å². The molecule has 1 aliphatic rings. The van der Waals surface area contributed by atoms with Crippen LogP contribution in [0.2, 0.25) is 0 Å². The van der Waals surface area contributed by atoms with E-state index in [1.807, 2.05) is 23.1 Å². The van der Waals surface area contributed by atoms with Gasteiger partial charge in [-0.15, -0.1) is 0 Å². The molecule has 2 heteroatoms. The van der Waals surface area contributed by atoms with Gasteiger partial charge in [-0.2, -0.15) is 0 Å². The maximum Gasteiger partial charge on any atom is 0.220 e. The SMILES string of the molecule is CC(=O)N1CC(C)=C(C)CC1c1ccccc1. The normalized spacial score (nSPS) is 20.6. The second kappa shape index (κ2) is 4.74. The van der Waals surface area contributed by atoms with Gasteiger partial charge in [-0.25, -0.2) is 0 Å². The van der Waals surface area contributed by atoms with Crippen LogP contribution in [0.3, 0.4) is 0 Å². The van der Waals surface area contributed by atoms with Crippen LogP contribution in [0, 0.1) is 0 Å². The Morgan fingerprint density at radius 1 is 1.18 bits per heavy atom. The Morgan fingerprint density at radius 3 is 2.41 bits per heavy atom. The second-order valence-electron chi connectivity index (χ2n) is 4.84. The van der Waals surface area contributed by atoms with Gasteiger partial charge < -0.3 is 4.90 Å². The van der Waals surface area contributed by atoms with Crippen LogP contribution < -0.4 is 0 Å². The maximum absolute atomic E-state index is 11.7. The van der Waals surface area contributed by atoms with Crippen molar-refractivity contribution in [3.63, 3.8) is 0 Å². The fraction of sp³-hybridized carbons (Fsp3) is 0.400. The highest BCUT2D eigenvalue weighted by molar-refractivity contribution is 5.74. The average molecular weight is 229 g/mol. The zero-order valence-corrected chi connectivity index (χ0v) is 10.7. The first-order chi connectivity index (χ1) is 8.09. The zero-order chi connectivity index (χ0) is 12.4. The van der Waals surface area contributed by atoms with Gasteiger partial charge in [0.1, 0.15) is 0 Å². The van der Waals surface area contributed by atoms with Crippen molar-refractivity contribution in [2.45, 2.75) is 33.2 Å². The van der Waals surface area contributed by atoms with E-state index in [4.69, 9.17) is 0 Å². The lowest BCUT2D eigenvalue weighted by Gasteiger charge is -2.36. The van der Waals surface area contributed by atoms with E-state index < -0.39 is 0 Å². The van der Waals surface area contributed by atoms with Crippen molar-refractivity contribution in [2.75, 3.05) is 6.54 Å². The molecule has 1 aromatic carbocycles. The van der Waals surface area contributed by atoms with Gasteiger partial charge in [0.05, 0.1) is 6.04 Å². The number of hydrogen-bond donors (Lipinski definition) is 0. The molecule has 0 spiro atoms. The van der Waals surface area contributed by atoms with Crippen LogP contribution in [-0.2, 0) is 4.79 Å². The van der Waals surface area contributed by atoms with Crippen LogP contribution >= 0.6 is 0 Å². The number of rotatable bonds is 1. The first-order valence-corrected chi connectivity index (χ1v) is 6.07. The lowest BCUT2D eigenvalue weighted by molar-refractivity contribution is -0.131. The Hall–Kier alpha value is -1.57. The highest BCUT2D eigenvalue weighted by atomic mass is 16.2. The molecule has 1 unspecified atom stereocenters. The minimum absolute atomic E-state index is 0.158. The maximum atomic E-state index is 11.7. The number of benzene rings is 1. The third-order valence-corrected chi connectivity index (χ3v) is 3.60. The highest BCUT2D eigenvalue weighted by Gasteiger charge is 2.27. The molecule has 1 amide bonds. The summed E-state index contributed by atoms with van der Waals surface area (Å²) < 4.78 is 0. The Balaban J connectivity index is 2.35. The summed E-state index contributed by atoms with van der Waals surface area (Å²) >= 11 is 0. The summed E-state index contributed by atoms with van der Waals surface area (Å²) in [7, 11) is 0. The van der Waals surface area contributed by atoms with Gasteiger partial charge in [0.15, 0.2) is 0 Å². The van der Waals surface area contributed by atoms with Crippen LogP contribution in [0.1, 0.15) is 38.8 Å². The predicted molar refractivity (Wildman–Crippen MR) is 69.6 cm³/mol. The molecule has 0 bridgehead atoms. The summed E-state index contributed by atoms with van der Waals surface area (Å²) in [5.41, 5.74) is 3.97. The zero-order valence-electron chi connectivity index (χ0n) is 10.7. The molecule has 0 saturated carbocycles. The summed E-state index contributed by atoms with van der Waals surface area (Å²) in [5.74, 6) is 0.158. The van der Waals surface area contributed by atoms with Crippen molar-refractivity contribution in [3.8, 4) is 0 Å². The van der Waals surface area contributed by atoms with Crippen LogP contribution in [0.25, 0.3) is 0 Å². The van der Waals surface area contributed by atoms with Crippen molar-refractivity contribution < 1.29 is 4.79 Å². The smallest absolute Gasteiger partial charge is 0.220 e. The number of amides is 1. The number of carbonyl (C=O) groups is 1. The first kappa shape index (κ1) is 11.9. The third kappa shape index (κ3) is 2.41. The monoisotopic (exact) mass is 229 g/mol. The van der Waals surface area contributed by atoms with Crippen LogP contribution in [-0.4, -0.2) is 17.4 Å². The standard InChI is InChI=1S/C15H19NO/c1-11-9-15(14-7-5-4-6-8-14)16(13(3)17)10-12(11)2/h4-8,15H,9-10H2,1-3H3. The summed E-state index contributed by atoms with van der Waals surface area (Å²) in [6.45, 7) is 6.71. The molecule has 0 aliphatic carbocycles. The van der Waals surface area contributed by atoms with Crippen LogP contribution in [0.15, 0.2) is 41.5 Å². The third-order valence-electron chi connectivity index (χ3n) is 3.60. The molecular weight excluding hydrogens is 210 g/mol. The molecule has 0 N–H and O–H groups in total. The van der Waals surface area contributed by atoms with Gasteiger partial charge in [0, 0.05) is 13.5 Å². The number of carbonyl (C=O) groups excluding carboxylic acids is 1. The van der Waals surface area contributed by atoms with E-state index in [9.17, 15) is 4.79 Å². The van der Waals surface area contributed by atoms with Gasteiger partial charge in [0.25, 0.3) is 0 Å². The lowest BCUT2D eigenvalue weighted by atomic mass is 9.91. The van der Waals surface area contributed by atoms with Crippen molar-refractivity contribution >= 4 is 5.91 Å². The van der Waals surface area contributed by atoms with Gasteiger partial charge in [-0.05, 0) is 25.8 Å². The number of hydrogen-bond acceptors (Lipinski definition) is 1. The molecule has 1 heterocycles. The molecule has 0 saturated heterocycles. The van der Waals surface area contributed by atoms with Gasteiger partial charge in [0.2, 0.25) is 5.91 Å². The molecular formula is C15H19NO. The van der Waals surface area contributed by atoms with Crippen molar-refractivity contribution in [1.82, 2.24) is 4.90 Å². The van der Waals surface area contributed by atoms with E-state index in [-0.39, 0.29) is 11.9 Å². The minimum atomic E-state index is 0.158. The minimum Gasteiger partial charge on any atom is -0.332 e. The molecule has 17 heavy (non-hydrogen) atoms. The molecule has 0 aromatic heterocycles. The molecule has 2 nitrogen and oxygen atoms in total. The summed E-state index contributed by atoms with van der Waals surface area (Å²) in [5, 5.41) is 0. The number of nitrogens with zero attached hydrogens (tertiary/aromatic N) is 1. The predicted octanol–water partition coefficient (Wildman–Crippen LogP) is 3.32. The van der Waals surface area contributed by atoms with Gasteiger partial charge in [-0.3, -0.25) is 4.79 Å². The van der Waals surface area contributed by atoms with Gasteiger partial charge >= 0.3 is 0 Å². The van der Waals surface area contributed by atoms with Gasteiger partial charge in [-0.1, -0.05) is 41.5 Å². The average Bonchev–Trinajstić information content (AvgIpc) is 2.33. The molecule has 1 aliphatic heterocycles. The molecule has 1 aromatic rings. The molecule has 0 fully saturated rings. The molecule has 1 atom stereocenters. The first-order valence-electron chi connectivity index (χ1n) is 6.07. The molecule has 0 radical (unpaired) electrons. The van der Waals surface area contributed by atoms with Crippen LogP contribution in [0.5, 0.6) is 0 Å². The Kier molecular flexibility index (Phi) is 3.32. The fourth-order valence-corrected chi connectivity index (χ4v) is 2.38. The van der Waals surface area contributed by atoms with E-state index in [2.05, 4.69) is 26.0 Å². The van der Waals surface area contributed by atoms with E-state index in [1.54, 1.807) is 6.92 Å². The highest BCUT2D eigenvalue weighted by Crippen LogP contribution is 2.33. The summed E-state index contributed by atoms with van der Waals surface area (Å²) in [6.07, 6.45) is 0.954. The summed E-state index contributed by atoms with van der Waals surface area (Å²) in [6, 6.07) is 10.5. The van der Waals surface area contributed by atoms with Crippen molar-refractivity contribution in [2.24, 2.45) is 0 Å². The molecule has 90 valence electrons. The summed E-state index contributed by atoms with van der Waals surface area (Å²) in [4.78, 5) is 13.7. The lowest BCUT2D eigenvalue weighted by Crippen LogP contribution is -2.37. The van der Waals surface area contributed by atoms with Crippen molar-refractivity contribution in [1.29, 1.82) is 0 Å². The Morgan fingerprint density at radius 2 is 1.82 bits per heavy atom. The largest absolute Gasteiger partial charge is 0.332 e. The molecule has 2 rings (SSSR count). The quantitative estimate of drug-likeness (QED) is 0.676. The fourth-order valence-electron chi connectivity index (χ4n) is 2.38. The topological polar surface area (TPSA) is 20.3 Å². The van der Waals surface area contributed by atoms with Crippen molar-refractivity contribution in [3.05, 3.63) is 47.0 Å². The Bertz CT molecular complexity index is 447. The second-order valence-corrected chi connectivity index (χ2v) is 4.84. The van der Waals surface area contributed by atoms with E-state index in [1.165, 1.54) is 16.7 Å².